The number of ether oxygens (including phenoxy) is 4. The van der Waals surface area contributed by atoms with Gasteiger partial charge in [-0.15, -0.1) is 0 Å². The average Bonchev–Trinajstić information content (AvgIpc) is 3.19. The molecule has 0 radical (unpaired) electrons. The van der Waals surface area contributed by atoms with Crippen molar-refractivity contribution in [2.24, 2.45) is 5.73 Å². The summed E-state index contributed by atoms with van der Waals surface area (Å²) in [6, 6.07) is 32.9. The molecule has 0 spiro atoms. The molecule has 0 bridgehead atoms. The zero-order chi connectivity index (χ0) is 39.5. The van der Waals surface area contributed by atoms with Gasteiger partial charge >= 0.3 is 0 Å². The van der Waals surface area contributed by atoms with Crippen LogP contribution in [0, 0.1) is 0 Å². The van der Waals surface area contributed by atoms with Gasteiger partial charge in [0.2, 0.25) is 0 Å². The molecule has 0 amide bonds. The third-order valence-corrected chi connectivity index (χ3v) is 21.8. The van der Waals surface area contributed by atoms with E-state index >= 15 is 0 Å². The zero-order valence-corrected chi connectivity index (χ0v) is 36.8. The molecule has 2 N–H and O–H groups in total. The van der Waals surface area contributed by atoms with Gasteiger partial charge in [-0.1, -0.05) is 126 Å². The molecule has 0 saturated carbocycles. The molecule has 0 unspecified atom stereocenters. The fourth-order valence-electron chi connectivity index (χ4n) is 8.73. The van der Waals surface area contributed by atoms with E-state index in [1.807, 2.05) is 24.3 Å². The highest BCUT2D eigenvalue weighted by Gasteiger charge is 2.52. The summed E-state index contributed by atoms with van der Waals surface area (Å²) in [7, 11) is -2.95. The summed E-state index contributed by atoms with van der Waals surface area (Å²) in [6.07, 6.45) is 4.58. The molecule has 9 heteroatoms. The Morgan fingerprint density at radius 1 is 0.800 bits per heavy atom. The van der Waals surface area contributed by atoms with E-state index in [4.69, 9.17) is 33.5 Å². The predicted molar refractivity (Wildman–Crippen MR) is 230 cm³/mol. The third kappa shape index (κ3) is 11.3. The summed E-state index contributed by atoms with van der Waals surface area (Å²) in [6.45, 7) is 20.0. The maximum Gasteiger partial charge on any atom is 0.261 e. The number of nitrogens with two attached hydrogens (primary N) is 1. The van der Waals surface area contributed by atoms with E-state index in [1.165, 1.54) is 15.9 Å². The van der Waals surface area contributed by atoms with Gasteiger partial charge in [0.15, 0.2) is 8.32 Å². The van der Waals surface area contributed by atoms with Gasteiger partial charge in [-0.25, -0.2) is 0 Å². The Bertz CT molecular complexity index is 1530. The highest BCUT2D eigenvalue weighted by Crippen LogP contribution is 2.41. The molecule has 55 heavy (non-hydrogen) atoms. The lowest BCUT2D eigenvalue weighted by atomic mass is 9.90. The number of rotatable bonds is 19. The van der Waals surface area contributed by atoms with Gasteiger partial charge in [-0.05, 0) is 76.9 Å². The fourth-order valence-corrected chi connectivity index (χ4v) is 16.1. The van der Waals surface area contributed by atoms with E-state index in [9.17, 15) is 0 Å². The van der Waals surface area contributed by atoms with Crippen LogP contribution in [0.25, 0.3) is 0 Å². The summed E-state index contributed by atoms with van der Waals surface area (Å²) >= 11 is 0. The van der Waals surface area contributed by atoms with E-state index in [0.717, 1.165) is 68.0 Å². The van der Waals surface area contributed by atoms with Crippen molar-refractivity contribution in [3.05, 3.63) is 103 Å². The van der Waals surface area contributed by atoms with Crippen molar-refractivity contribution in [3.63, 3.8) is 0 Å². The molecule has 302 valence electrons. The predicted octanol–water partition coefficient (Wildman–Crippen LogP) is 8.94. The van der Waals surface area contributed by atoms with E-state index in [0.29, 0.717) is 19.8 Å². The van der Waals surface area contributed by atoms with Crippen molar-refractivity contribution in [3.8, 4) is 5.75 Å². The van der Waals surface area contributed by atoms with E-state index < -0.39 is 16.6 Å². The first kappa shape index (κ1) is 43.5. The highest BCUT2D eigenvalue weighted by atomic mass is 28.4. The van der Waals surface area contributed by atoms with Gasteiger partial charge in [-0.3, -0.25) is 0 Å². The van der Waals surface area contributed by atoms with Gasteiger partial charge in [0.05, 0.1) is 56.9 Å². The van der Waals surface area contributed by atoms with Crippen LogP contribution < -0.4 is 20.8 Å². The summed E-state index contributed by atoms with van der Waals surface area (Å²) in [5.41, 5.74) is 9.44. The largest absolute Gasteiger partial charge is 0.497 e. The maximum atomic E-state index is 7.77. The quantitative estimate of drug-likeness (QED) is 0.0739. The third-order valence-electron chi connectivity index (χ3n) is 12.1. The molecule has 2 aliphatic heterocycles. The van der Waals surface area contributed by atoms with Crippen LogP contribution in [0.3, 0.4) is 0 Å². The van der Waals surface area contributed by atoms with Crippen LogP contribution >= 0.6 is 0 Å². The van der Waals surface area contributed by atoms with Crippen molar-refractivity contribution in [1.82, 2.24) is 0 Å². The lowest BCUT2D eigenvalue weighted by molar-refractivity contribution is -0.131. The smallest absolute Gasteiger partial charge is 0.261 e. The Balaban J connectivity index is 1.34. The first-order valence-corrected chi connectivity index (χ1v) is 25.2. The monoisotopic (exact) mass is 787 g/mol. The Hall–Kier alpha value is -2.61. The normalized spacial score (nSPS) is 23.1. The first-order valence-electron chi connectivity index (χ1n) is 20.8. The van der Waals surface area contributed by atoms with Crippen molar-refractivity contribution in [2.75, 3.05) is 20.3 Å². The number of benzene rings is 3. The molecule has 2 heterocycles. The first-order chi connectivity index (χ1) is 26.4. The molecular formula is C46H69NO6Si2. The Morgan fingerprint density at radius 2 is 1.40 bits per heavy atom. The fraction of sp³-hybridized carbons (Fsp3) is 0.565. The summed E-state index contributed by atoms with van der Waals surface area (Å²) in [5.74, 6) is 0.849. The van der Waals surface area contributed by atoms with Crippen molar-refractivity contribution in [1.29, 1.82) is 0 Å². The van der Waals surface area contributed by atoms with E-state index in [2.05, 4.69) is 109 Å². The topological polar surface area (TPSA) is 81.4 Å². The molecule has 2 fully saturated rings. The van der Waals surface area contributed by atoms with Crippen LogP contribution in [-0.4, -0.2) is 73.5 Å². The molecule has 5 rings (SSSR count). The van der Waals surface area contributed by atoms with Crippen LogP contribution in [0.1, 0.15) is 85.6 Å². The van der Waals surface area contributed by atoms with Gasteiger partial charge in [0.1, 0.15) is 5.75 Å². The molecule has 2 aliphatic rings. The Kier molecular flexibility index (Phi) is 16.0. The average molecular weight is 788 g/mol. The lowest BCUT2D eigenvalue weighted by Crippen LogP contribution is -2.68. The minimum absolute atomic E-state index is 0.0120. The second kappa shape index (κ2) is 20.2. The molecular weight excluding hydrogens is 719 g/mol. The Morgan fingerprint density at radius 3 is 1.96 bits per heavy atom. The molecule has 6 atom stereocenters. The van der Waals surface area contributed by atoms with Crippen molar-refractivity contribution < 1.29 is 27.8 Å². The number of hydrogen-bond donors (Lipinski definition) is 1. The summed E-state index contributed by atoms with van der Waals surface area (Å²) in [4.78, 5) is 0. The molecule has 7 nitrogen and oxygen atoms in total. The van der Waals surface area contributed by atoms with Crippen LogP contribution in [-0.2, 0) is 29.7 Å². The molecule has 2 saturated heterocycles. The zero-order valence-electron chi connectivity index (χ0n) is 34.8. The van der Waals surface area contributed by atoms with Gasteiger partial charge in [-0.2, -0.15) is 0 Å². The molecule has 0 aliphatic carbocycles. The minimum atomic E-state index is -2.81. The van der Waals surface area contributed by atoms with E-state index in [-0.39, 0.29) is 41.6 Å². The van der Waals surface area contributed by atoms with Crippen LogP contribution in [0.4, 0.5) is 0 Å². The van der Waals surface area contributed by atoms with Crippen molar-refractivity contribution >= 4 is 27.0 Å². The van der Waals surface area contributed by atoms with Crippen molar-refractivity contribution in [2.45, 2.75) is 146 Å². The second-order valence-corrected chi connectivity index (χ2v) is 25.9. The second-order valence-electron chi connectivity index (χ2n) is 16.9. The highest BCUT2D eigenvalue weighted by molar-refractivity contribution is 6.99. The standard InChI is InChI=1S/C46H69NO6Si2/c1-9-54(10-2,11-3)50-34-44(47)45-32-41(53-55(46(5,6)7,42-18-14-12-15-19-42)43-20-16-13-17-21-43)31-40(52-45)30-39-29-35(4)28-38(51-39)26-27-49-33-36-22-24-37(48-8)25-23-36/h12-25,38-41,44-45H,4,9-11,26-34,47H2,1-3,5-8H3/t38-,39+,40+,41+,44+,45+/m0/s1. The van der Waals surface area contributed by atoms with Gasteiger partial charge in [0.25, 0.3) is 8.32 Å². The molecule has 0 aromatic heterocycles. The SMILES string of the molecule is C=C1C[C@H](C[C@@H]2C[C@@H](O[Si](c3ccccc3)(c3ccccc3)C(C)(C)C)C[C@H]([C@H](N)CO[Si](CC)(CC)CC)O2)O[C@@H](CCOCc2ccc(OC)cc2)C1. The lowest BCUT2D eigenvalue weighted by Gasteiger charge is -2.48. The number of methoxy groups -OCH3 is 1. The van der Waals surface area contributed by atoms with Crippen LogP contribution in [0.2, 0.25) is 23.2 Å². The maximum absolute atomic E-state index is 7.77. The van der Waals surface area contributed by atoms with Gasteiger partial charge in [0, 0.05) is 19.4 Å². The Labute approximate surface area is 334 Å². The summed E-state index contributed by atoms with van der Waals surface area (Å²) < 4.78 is 39.7. The minimum Gasteiger partial charge on any atom is -0.497 e. The molecule has 3 aromatic rings. The summed E-state index contributed by atoms with van der Waals surface area (Å²) in [5, 5.41) is 2.44. The van der Waals surface area contributed by atoms with Crippen LogP contribution in [0.15, 0.2) is 97.1 Å². The number of hydrogen-bond acceptors (Lipinski definition) is 7. The van der Waals surface area contributed by atoms with Crippen LogP contribution in [0.5, 0.6) is 5.75 Å². The molecule has 3 aromatic carbocycles. The van der Waals surface area contributed by atoms with Gasteiger partial charge < -0.3 is 33.5 Å². The van der Waals surface area contributed by atoms with E-state index in [1.54, 1.807) is 7.11 Å².